The van der Waals surface area contributed by atoms with Gasteiger partial charge in [0.15, 0.2) is 0 Å². The number of hydrogen-bond acceptors (Lipinski definition) is 0. The van der Waals surface area contributed by atoms with Crippen LogP contribution in [0.5, 0.6) is 0 Å². The van der Waals surface area contributed by atoms with Gasteiger partial charge < -0.3 is 9.13 Å². The van der Waals surface area contributed by atoms with Crippen LogP contribution in [0.3, 0.4) is 0 Å². The van der Waals surface area contributed by atoms with E-state index >= 15 is 0 Å². The third-order valence-corrected chi connectivity index (χ3v) is 16.2. The van der Waals surface area contributed by atoms with E-state index in [4.69, 9.17) is 0 Å². The van der Waals surface area contributed by atoms with Crippen molar-refractivity contribution in [3.8, 4) is 11.4 Å². The summed E-state index contributed by atoms with van der Waals surface area (Å²) in [5, 5.41) is 29.1. The fraction of sp³-hybridized carbons (Fsp3) is 0. The zero-order valence-electron chi connectivity index (χ0n) is 34.9. The first-order chi connectivity index (χ1) is 32.3. The minimum absolute atomic E-state index is 0.0000588. The van der Waals surface area contributed by atoms with Crippen LogP contribution in [0.1, 0.15) is 0 Å². The lowest BCUT2D eigenvalue weighted by Crippen LogP contribution is -2.59. The van der Waals surface area contributed by atoms with E-state index in [-0.39, 0.29) is 6.71 Å². The van der Waals surface area contributed by atoms with Crippen LogP contribution >= 0.6 is 0 Å². The fourth-order valence-electron chi connectivity index (χ4n) is 13.9. The summed E-state index contributed by atoms with van der Waals surface area (Å²) in [6.45, 7) is -0.0000588. The molecule has 2 aliphatic heterocycles. The Bertz CT molecular complexity index is 4920. The first-order valence-corrected chi connectivity index (χ1v) is 23.0. The summed E-state index contributed by atoms with van der Waals surface area (Å²) in [4.78, 5) is 0. The number of aromatic nitrogens is 2. The van der Waals surface area contributed by atoms with Crippen molar-refractivity contribution in [2.24, 2.45) is 0 Å². The predicted octanol–water partition coefficient (Wildman–Crippen LogP) is 14.3. The van der Waals surface area contributed by atoms with E-state index in [2.05, 4.69) is 197 Å². The summed E-state index contributed by atoms with van der Waals surface area (Å²) in [6, 6.07) is 72.6. The van der Waals surface area contributed by atoms with Crippen LogP contribution in [-0.4, -0.2) is 15.8 Å². The number of hydrogen-bond donors (Lipinski definition) is 0. The maximum Gasteiger partial charge on any atom is 0.252 e. The number of nitrogens with zero attached hydrogens (tertiary/aromatic N) is 2. The molecule has 0 saturated heterocycles. The van der Waals surface area contributed by atoms with Crippen molar-refractivity contribution in [3.63, 3.8) is 0 Å². The Morgan fingerprint density at radius 1 is 0.277 bits per heavy atom. The molecule has 0 spiro atoms. The van der Waals surface area contributed by atoms with Crippen LogP contribution in [0.4, 0.5) is 0 Å². The molecule has 292 valence electrons. The van der Waals surface area contributed by atoms with Gasteiger partial charge in [-0.25, -0.2) is 0 Å². The van der Waals surface area contributed by atoms with Crippen molar-refractivity contribution in [1.82, 2.24) is 9.13 Å². The first kappa shape index (κ1) is 32.3. The maximum atomic E-state index is 2.71. The summed E-state index contributed by atoms with van der Waals surface area (Å²) < 4.78 is 5.40. The molecule has 0 saturated carbocycles. The zero-order valence-corrected chi connectivity index (χ0v) is 34.9. The molecule has 0 radical (unpaired) electrons. The molecule has 3 heteroatoms. The lowest BCUT2D eigenvalue weighted by atomic mass is 9.34. The van der Waals surface area contributed by atoms with E-state index < -0.39 is 0 Å². The molecule has 4 heterocycles. The van der Waals surface area contributed by atoms with Crippen LogP contribution in [0.25, 0.3) is 152 Å². The zero-order chi connectivity index (χ0) is 41.6. The van der Waals surface area contributed by atoms with Crippen LogP contribution in [0, 0.1) is 0 Å². The van der Waals surface area contributed by atoms with Gasteiger partial charge in [0, 0.05) is 32.6 Å². The van der Waals surface area contributed by atoms with Crippen molar-refractivity contribution < 1.29 is 0 Å². The molecule has 0 aliphatic carbocycles. The predicted molar refractivity (Wildman–Crippen MR) is 280 cm³/mol. The average molecular weight is 815 g/mol. The van der Waals surface area contributed by atoms with Gasteiger partial charge in [0.25, 0.3) is 6.71 Å². The summed E-state index contributed by atoms with van der Waals surface area (Å²) in [5.41, 5.74) is 12.0. The molecule has 0 unspecified atom stereocenters. The van der Waals surface area contributed by atoms with Crippen molar-refractivity contribution >= 4 is 164 Å². The van der Waals surface area contributed by atoms with E-state index in [1.54, 1.807) is 0 Å². The molecule has 0 fully saturated rings. The third-order valence-electron chi connectivity index (χ3n) is 16.2. The molecule has 0 amide bonds. The number of rotatable bonds is 0. The molecule has 14 aromatic carbocycles. The highest BCUT2D eigenvalue weighted by Crippen LogP contribution is 2.50. The van der Waals surface area contributed by atoms with Crippen molar-refractivity contribution in [2.75, 3.05) is 0 Å². The average Bonchev–Trinajstić information content (AvgIpc) is 3.89. The van der Waals surface area contributed by atoms with Gasteiger partial charge in [-0.3, -0.25) is 0 Å². The molecule has 18 rings (SSSR count). The summed E-state index contributed by atoms with van der Waals surface area (Å²) in [6.07, 6.45) is 0. The third kappa shape index (κ3) is 3.53. The molecule has 0 N–H and O–H groups in total. The standard InChI is InChI=1S/C62H31BN2/c1-4-16-41-36(9-1)27-46-61-57(41)55-44-25-23-34-14-7-12-32-19-21-39(53(44)51(32)34)30-48(55)64(61)50-29-38-11-3-6-18-43(38)60-59(50)63(46)47-28-37-10-2-5-17-42(37)58-56-45-26-24-35-15-8-13-33-20-22-40(54(45)52(33)35)31-49(56)65(60)62(47)58/h1-31H. The van der Waals surface area contributed by atoms with E-state index in [1.165, 1.54) is 168 Å². The second kappa shape index (κ2) is 10.7. The van der Waals surface area contributed by atoms with E-state index in [9.17, 15) is 0 Å². The van der Waals surface area contributed by atoms with E-state index in [0.717, 1.165) is 0 Å². The topological polar surface area (TPSA) is 9.86 Å². The highest BCUT2D eigenvalue weighted by molar-refractivity contribution is 7.01. The minimum Gasteiger partial charge on any atom is -0.310 e. The van der Waals surface area contributed by atoms with Crippen LogP contribution in [0.2, 0.25) is 0 Å². The lowest BCUT2D eigenvalue weighted by Gasteiger charge is -2.35. The van der Waals surface area contributed by atoms with Crippen LogP contribution < -0.4 is 16.4 Å². The highest BCUT2D eigenvalue weighted by Gasteiger charge is 2.43. The Kier molecular flexibility index (Phi) is 5.31. The molecule has 0 atom stereocenters. The smallest absolute Gasteiger partial charge is 0.252 e. The molecule has 0 bridgehead atoms. The SMILES string of the molecule is c1ccc2c3c4c(cc2c1)-n1c2cc5ccc6cccc7ccc(c5c67)c2c2c5ccccc5cc(c21)B4c1cc2ccccc2c2c4c5ccc6cccc7ccc(cc4n-3c12)c5c76. The van der Waals surface area contributed by atoms with Gasteiger partial charge in [0.1, 0.15) is 0 Å². The Morgan fingerprint density at radius 2 is 0.708 bits per heavy atom. The van der Waals surface area contributed by atoms with E-state index in [1.807, 2.05) is 0 Å². The molecule has 2 aromatic heterocycles. The van der Waals surface area contributed by atoms with Gasteiger partial charge in [0.05, 0.1) is 27.8 Å². The first-order valence-electron chi connectivity index (χ1n) is 23.0. The lowest BCUT2D eigenvalue weighted by molar-refractivity contribution is 1.16. The van der Waals surface area contributed by atoms with Crippen LogP contribution in [-0.2, 0) is 0 Å². The molecule has 2 aliphatic rings. The molecular formula is C62H31BN2. The van der Waals surface area contributed by atoms with Gasteiger partial charge in [0.2, 0.25) is 0 Å². The second-order valence-electron chi connectivity index (χ2n) is 19.1. The van der Waals surface area contributed by atoms with Crippen molar-refractivity contribution in [3.05, 3.63) is 188 Å². The van der Waals surface area contributed by atoms with Crippen molar-refractivity contribution in [1.29, 1.82) is 0 Å². The monoisotopic (exact) mass is 814 g/mol. The molecule has 65 heavy (non-hydrogen) atoms. The minimum atomic E-state index is -0.0000588. The molecule has 2 nitrogen and oxygen atoms in total. The fourth-order valence-corrected chi connectivity index (χ4v) is 13.9. The Hall–Kier alpha value is -8.40. The van der Waals surface area contributed by atoms with Gasteiger partial charge in [-0.05, 0) is 126 Å². The summed E-state index contributed by atoms with van der Waals surface area (Å²) in [5.74, 6) is 0. The Morgan fingerprint density at radius 3 is 1.26 bits per heavy atom. The quantitative estimate of drug-likeness (QED) is 0.107. The van der Waals surface area contributed by atoms with Crippen LogP contribution in [0.15, 0.2) is 188 Å². The van der Waals surface area contributed by atoms with Gasteiger partial charge in [-0.2, -0.15) is 0 Å². The normalized spacial score (nSPS) is 13.5. The van der Waals surface area contributed by atoms with Crippen molar-refractivity contribution in [2.45, 2.75) is 0 Å². The van der Waals surface area contributed by atoms with Gasteiger partial charge >= 0.3 is 0 Å². The Labute approximate surface area is 370 Å². The maximum absolute atomic E-state index is 2.71. The van der Waals surface area contributed by atoms with Gasteiger partial charge in [-0.15, -0.1) is 0 Å². The second-order valence-corrected chi connectivity index (χ2v) is 19.1. The number of benzene rings is 14. The summed E-state index contributed by atoms with van der Waals surface area (Å²) in [7, 11) is 0. The molecular weight excluding hydrogens is 784 g/mol. The Balaban J connectivity index is 1.13. The largest absolute Gasteiger partial charge is 0.310 e. The van der Waals surface area contributed by atoms with E-state index in [0.29, 0.717) is 0 Å². The highest BCUT2D eigenvalue weighted by atomic mass is 15.0. The summed E-state index contributed by atoms with van der Waals surface area (Å²) >= 11 is 0. The molecule has 16 aromatic rings. The van der Waals surface area contributed by atoms with Gasteiger partial charge in [-0.1, -0.05) is 170 Å². The number of fused-ring (bicyclic) bond motifs is 18.